The Morgan fingerprint density at radius 1 is 1.40 bits per heavy atom. The minimum absolute atomic E-state index is 0.145. The summed E-state index contributed by atoms with van der Waals surface area (Å²) in [7, 11) is 0. The van der Waals surface area contributed by atoms with Crippen molar-refractivity contribution in [1.29, 1.82) is 0 Å². The Balaban J connectivity index is 2.00. The Morgan fingerprint density at radius 2 is 2.15 bits per heavy atom. The second-order valence-corrected chi connectivity index (χ2v) is 5.60. The van der Waals surface area contributed by atoms with E-state index in [4.69, 9.17) is 10.5 Å². The van der Waals surface area contributed by atoms with E-state index in [1.54, 1.807) is 0 Å². The van der Waals surface area contributed by atoms with Crippen LogP contribution in [0.15, 0.2) is 18.2 Å². The fraction of sp³-hybridized carbons (Fsp3) is 0.600. The maximum absolute atomic E-state index is 13.6. The molecule has 1 saturated heterocycles. The van der Waals surface area contributed by atoms with Crippen LogP contribution in [0.2, 0.25) is 0 Å². The molecule has 112 valence electrons. The molecule has 20 heavy (non-hydrogen) atoms. The number of hydrogen-bond acceptors (Lipinski definition) is 3. The number of ether oxygens (including phenoxy) is 1. The average molecular weight is 284 g/mol. The van der Waals surface area contributed by atoms with Crippen LogP contribution in [0.1, 0.15) is 19.4 Å². The van der Waals surface area contributed by atoms with Gasteiger partial charge < -0.3 is 10.5 Å². The molecular weight excluding hydrogens is 262 g/mol. The van der Waals surface area contributed by atoms with Crippen molar-refractivity contribution in [2.45, 2.75) is 38.5 Å². The number of nitrogens with zero attached hydrogens (tertiary/aromatic N) is 1. The van der Waals surface area contributed by atoms with E-state index in [0.717, 1.165) is 25.2 Å². The van der Waals surface area contributed by atoms with E-state index >= 15 is 0 Å². The van der Waals surface area contributed by atoms with E-state index in [1.165, 1.54) is 6.07 Å². The molecule has 2 rings (SSSR count). The zero-order valence-electron chi connectivity index (χ0n) is 12.0. The molecule has 0 saturated carbocycles. The normalized spacial score (nSPS) is 22.2. The molecule has 0 amide bonds. The lowest BCUT2D eigenvalue weighted by Gasteiger charge is -2.38. The summed E-state index contributed by atoms with van der Waals surface area (Å²) < 4.78 is 32.5. The van der Waals surface area contributed by atoms with Gasteiger partial charge in [-0.25, -0.2) is 8.78 Å². The van der Waals surface area contributed by atoms with Crippen LogP contribution in [0.25, 0.3) is 0 Å². The zero-order valence-corrected chi connectivity index (χ0v) is 12.0. The minimum atomic E-state index is -0.443. The van der Waals surface area contributed by atoms with E-state index in [0.29, 0.717) is 18.2 Å². The molecule has 1 aliphatic rings. The molecule has 1 fully saturated rings. The molecule has 1 aromatic carbocycles. The summed E-state index contributed by atoms with van der Waals surface area (Å²) in [6.45, 7) is 6.49. The van der Waals surface area contributed by atoms with Crippen molar-refractivity contribution >= 4 is 0 Å². The predicted octanol–water partition coefficient (Wildman–Crippen LogP) is 1.94. The van der Waals surface area contributed by atoms with Crippen molar-refractivity contribution < 1.29 is 13.5 Å². The second-order valence-electron chi connectivity index (χ2n) is 5.60. The number of hydrogen-bond donors (Lipinski definition) is 1. The lowest BCUT2D eigenvalue weighted by atomic mass is 10.00. The summed E-state index contributed by atoms with van der Waals surface area (Å²) in [6.07, 6.45) is 0.133. The van der Waals surface area contributed by atoms with Crippen LogP contribution in [0, 0.1) is 11.6 Å². The molecule has 2 unspecified atom stereocenters. The van der Waals surface area contributed by atoms with E-state index in [1.807, 2.05) is 0 Å². The summed E-state index contributed by atoms with van der Waals surface area (Å²) in [5.41, 5.74) is 6.43. The molecule has 0 aliphatic carbocycles. The van der Waals surface area contributed by atoms with Crippen LogP contribution in [-0.4, -0.2) is 42.8 Å². The fourth-order valence-electron chi connectivity index (χ4n) is 2.51. The van der Waals surface area contributed by atoms with Crippen LogP contribution in [0.3, 0.4) is 0 Å². The van der Waals surface area contributed by atoms with Gasteiger partial charge in [0.1, 0.15) is 11.6 Å². The first kappa shape index (κ1) is 15.4. The molecular formula is C15H22F2N2O. The third-order valence-electron chi connectivity index (χ3n) is 3.80. The summed E-state index contributed by atoms with van der Waals surface area (Å²) in [6, 6.07) is 3.55. The number of morpholine rings is 1. The van der Waals surface area contributed by atoms with Gasteiger partial charge in [0.15, 0.2) is 0 Å². The van der Waals surface area contributed by atoms with Gasteiger partial charge in [0.2, 0.25) is 0 Å². The molecule has 5 heteroatoms. The molecule has 0 radical (unpaired) electrons. The number of nitrogens with two attached hydrogens (primary N) is 1. The predicted molar refractivity (Wildman–Crippen MR) is 74.5 cm³/mol. The molecule has 1 aromatic rings. The van der Waals surface area contributed by atoms with Gasteiger partial charge in [-0.05, 0) is 44.0 Å². The standard InChI is InChI=1S/C15H22F2N2O/c1-10(2)19-5-6-20-15(9-19)14(18)8-11-7-12(16)3-4-13(11)17/h3-4,7,10,14-15H,5-6,8-9,18H2,1-2H3. The molecule has 0 spiro atoms. The van der Waals surface area contributed by atoms with Gasteiger partial charge in [-0.1, -0.05) is 0 Å². The molecule has 1 aliphatic heterocycles. The lowest BCUT2D eigenvalue weighted by molar-refractivity contribution is -0.0496. The van der Waals surface area contributed by atoms with E-state index in [9.17, 15) is 8.78 Å². The maximum atomic E-state index is 13.6. The third kappa shape index (κ3) is 3.75. The largest absolute Gasteiger partial charge is 0.374 e. The van der Waals surface area contributed by atoms with Crippen molar-refractivity contribution in [3.8, 4) is 0 Å². The molecule has 0 aromatic heterocycles. The van der Waals surface area contributed by atoms with Crippen molar-refractivity contribution in [3.05, 3.63) is 35.4 Å². The Bertz CT molecular complexity index is 453. The SMILES string of the molecule is CC(C)N1CCOC(C(N)Cc2cc(F)ccc2F)C1. The fourth-order valence-corrected chi connectivity index (χ4v) is 2.51. The van der Waals surface area contributed by atoms with Gasteiger partial charge in [0.05, 0.1) is 12.7 Å². The van der Waals surface area contributed by atoms with Crippen LogP contribution in [-0.2, 0) is 11.2 Å². The Hall–Kier alpha value is -1.04. The molecule has 0 bridgehead atoms. The highest BCUT2D eigenvalue weighted by molar-refractivity contribution is 5.20. The smallest absolute Gasteiger partial charge is 0.126 e. The highest BCUT2D eigenvalue weighted by atomic mass is 19.1. The molecule has 2 atom stereocenters. The van der Waals surface area contributed by atoms with E-state index in [2.05, 4.69) is 18.7 Å². The van der Waals surface area contributed by atoms with Gasteiger partial charge >= 0.3 is 0 Å². The van der Waals surface area contributed by atoms with Crippen molar-refractivity contribution in [1.82, 2.24) is 4.90 Å². The Labute approximate surface area is 118 Å². The van der Waals surface area contributed by atoms with Crippen molar-refractivity contribution in [2.75, 3.05) is 19.7 Å². The van der Waals surface area contributed by atoms with E-state index in [-0.39, 0.29) is 18.6 Å². The van der Waals surface area contributed by atoms with E-state index < -0.39 is 11.6 Å². The van der Waals surface area contributed by atoms with Gasteiger partial charge in [-0.15, -0.1) is 0 Å². The molecule has 3 nitrogen and oxygen atoms in total. The Morgan fingerprint density at radius 3 is 2.85 bits per heavy atom. The third-order valence-corrected chi connectivity index (χ3v) is 3.80. The topological polar surface area (TPSA) is 38.5 Å². The molecule has 1 heterocycles. The Kier molecular flexibility index (Phi) is 5.07. The summed E-state index contributed by atoms with van der Waals surface area (Å²) >= 11 is 0. The maximum Gasteiger partial charge on any atom is 0.126 e. The number of rotatable bonds is 4. The second kappa shape index (κ2) is 6.61. The lowest BCUT2D eigenvalue weighted by Crippen LogP contribution is -2.53. The van der Waals surface area contributed by atoms with Crippen LogP contribution in [0.5, 0.6) is 0 Å². The van der Waals surface area contributed by atoms with Gasteiger partial charge in [-0.3, -0.25) is 4.90 Å². The summed E-state index contributed by atoms with van der Waals surface area (Å²) in [5, 5.41) is 0. The number of benzene rings is 1. The summed E-state index contributed by atoms with van der Waals surface area (Å²) in [5.74, 6) is -0.861. The molecule has 2 N–H and O–H groups in total. The van der Waals surface area contributed by atoms with Crippen LogP contribution in [0.4, 0.5) is 8.78 Å². The monoisotopic (exact) mass is 284 g/mol. The highest BCUT2D eigenvalue weighted by Crippen LogP contribution is 2.16. The first-order valence-electron chi connectivity index (χ1n) is 7.02. The van der Waals surface area contributed by atoms with Gasteiger partial charge in [0.25, 0.3) is 0 Å². The van der Waals surface area contributed by atoms with Crippen molar-refractivity contribution in [2.24, 2.45) is 5.73 Å². The van der Waals surface area contributed by atoms with Crippen molar-refractivity contribution in [3.63, 3.8) is 0 Å². The average Bonchev–Trinajstić information content (AvgIpc) is 2.43. The summed E-state index contributed by atoms with van der Waals surface area (Å²) in [4.78, 5) is 2.29. The van der Waals surface area contributed by atoms with Gasteiger partial charge in [-0.2, -0.15) is 0 Å². The van der Waals surface area contributed by atoms with Gasteiger partial charge in [0, 0.05) is 25.2 Å². The quantitative estimate of drug-likeness (QED) is 0.918. The highest BCUT2D eigenvalue weighted by Gasteiger charge is 2.27. The van der Waals surface area contributed by atoms with Crippen LogP contribution >= 0.6 is 0 Å². The van der Waals surface area contributed by atoms with Crippen LogP contribution < -0.4 is 5.73 Å². The first-order chi connectivity index (χ1) is 9.47. The first-order valence-corrected chi connectivity index (χ1v) is 7.02. The number of halogens is 2. The minimum Gasteiger partial charge on any atom is -0.374 e. The zero-order chi connectivity index (χ0) is 14.7.